The fourth-order valence-corrected chi connectivity index (χ4v) is 3.99. The number of thioether (sulfide) groups is 1. The van der Waals surface area contributed by atoms with Crippen molar-refractivity contribution in [3.63, 3.8) is 0 Å². The van der Waals surface area contributed by atoms with E-state index in [4.69, 9.17) is 0 Å². The quantitative estimate of drug-likeness (QED) is 0.893. The Morgan fingerprint density at radius 3 is 2.90 bits per heavy atom. The van der Waals surface area contributed by atoms with E-state index in [0.717, 1.165) is 12.8 Å². The van der Waals surface area contributed by atoms with Crippen molar-refractivity contribution in [1.82, 2.24) is 5.32 Å². The number of anilines is 1. The van der Waals surface area contributed by atoms with Gasteiger partial charge >= 0.3 is 6.03 Å². The van der Waals surface area contributed by atoms with Gasteiger partial charge in [0.2, 0.25) is 0 Å². The molecule has 6 heteroatoms. The minimum absolute atomic E-state index is 0.180. The number of nitrogens with one attached hydrogen (secondary N) is 2. The van der Waals surface area contributed by atoms with Gasteiger partial charge in [-0.05, 0) is 43.7 Å². The van der Waals surface area contributed by atoms with E-state index in [1.165, 1.54) is 12.8 Å². The second kappa shape index (κ2) is 7.84. The Morgan fingerprint density at radius 2 is 2.19 bits per heavy atom. The lowest BCUT2D eigenvalue weighted by atomic mass is 9.95. The van der Waals surface area contributed by atoms with Crippen molar-refractivity contribution in [2.45, 2.75) is 41.9 Å². The summed E-state index contributed by atoms with van der Waals surface area (Å²) in [6.07, 6.45) is 8.25. The van der Waals surface area contributed by atoms with E-state index < -0.39 is 10.8 Å². The Bertz CT molecular complexity index is 522. The fraction of sp³-hybridized carbons (Fsp3) is 0.533. The fourth-order valence-electron chi connectivity index (χ4n) is 2.60. The molecule has 0 heterocycles. The molecule has 116 valence electrons. The first-order valence-corrected chi connectivity index (χ1v) is 9.97. The number of carbonyl (C=O) groups is 1. The first-order chi connectivity index (χ1) is 10.1. The van der Waals surface area contributed by atoms with E-state index in [2.05, 4.69) is 16.9 Å². The normalized spacial score (nSPS) is 23.3. The zero-order valence-electron chi connectivity index (χ0n) is 12.4. The third-order valence-electron chi connectivity index (χ3n) is 3.72. The van der Waals surface area contributed by atoms with Crippen LogP contribution in [-0.2, 0) is 10.8 Å². The molecule has 1 aliphatic carbocycles. The van der Waals surface area contributed by atoms with Gasteiger partial charge in [-0.25, -0.2) is 4.79 Å². The molecule has 0 bridgehead atoms. The van der Waals surface area contributed by atoms with E-state index in [1.54, 1.807) is 24.5 Å². The smallest absolute Gasteiger partial charge is 0.319 e. The average Bonchev–Trinajstić information content (AvgIpc) is 2.47. The molecule has 1 fully saturated rings. The minimum Gasteiger partial charge on any atom is -0.335 e. The highest BCUT2D eigenvalue weighted by Gasteiger charge is 2.22. The largest absolute Gasteiger partial charge is 0.335 e. The molecule has 0 aliphatic heterocycles. The third-order valence-corrected chi connectivity index (χ3v) is 5.73. The number of rotatable bonds is 4. The topological polar surface area (TPSA) is 58.2 Å². The van der Waals surface area contributed by atoms with Gasteiger partial charge in [0.25, 0.3) is 0 Å². The van der Waals surface area contributed by atoms with Gasteiger partial charge in [-0.2, -0.15) is 11.8 Å². The van der Waals surface area contributed by atoms with Crippen LogP contribution in [0, 0.1) is 0 Å². The number of benzene rings is 1. The van der Waals surface area contributed by atoms with Crippen molar-refractivity contribution in [2.75, 3.05) is 17.8 Å². The summed E-state index contributed by atoms with van der Waals surface area (Å²) in [5.41, 5.74) is 0.678. The molecule has 0 aromatic heterocycles. The summed E-state index contributed by atoms with van der Waals surface area (Å²) < 4.78 is 11.4. The maximum Gasteiger partial charge on any atom is 0.319 e. The Labute approximate surface area is 132 Å². The van der Waals surface area contributed by atoms with Crippen LogP contribution in [0.2, 0.25) is 0 Å². The summed E-state index contributed by atoms with van der Waals surface area (Å²) in [6, 6.07) is 7.23. The Hall–Kier alpha value is -1.01. The molecule has 4 nitrogen and oxygen atoms in total. The monoisotopic (exact) mass is 326 g/mol. The van der Waals surface area contributed by atoms with Gasteiger partial charge in [-0.3, -0.25) is 4.21 Å². The molecule has 3 unspecified atom stereocenters. The van der Waals surface area contributed by atoms with Gasteiger partial charge in [-0.15, -0.1) is 0 Å². The highest BCUT2D eigenvalue weighted by molar-refractivity contribution is 7.99. The second-order valence-electron chi connectivity index (χ2n) is 5.30. The number of urea groups is 1. The van der Waals surface area contributed by atoms with Crippen LogP contribution in [0.5, 0.6) is 0 Å². The SMILES string of the molecule is CSC1CCCC(NC(=O)Nc2cccc(S(C)=O)c2)C1. The third kappa shape index (κ3) is 5.04. The van der Waals surface area contributed by atoms with E-state index >= 15 is 0 Å². The summed E-state index contributed by atoms with van der Waals surface area (Å²) in [5, 5.41) is 6.52. The lowest BCUT2D eigenvalue weighted by molar-refractivity contribution is 0.244. The van der Waals surface area contributed by atoms with E-state index in [0.29, 0.717) is 15.8 Å². The second-order valence-corrected chi connectivity index (χ2v) is 7.82. The summed E-state index contributed by atoms with van der Waals surface area (Å²) in [4.78, 5) is 12.8. The molecule has 2 rings (SSSR count). The Morgan fingerprint density at radius 1 is 1.38 bits per heavy atom. The molecule has 0 spiro atoms. The molecule has 0 saturated heterocycles. The Balaban J connectivity index is 1.89. The van der Waals surface area contributed by atoms with Crippen molar-refractivity contribution in [2.24, 2.45) is 0 Å². The standard InChI is InChI=1S/C15H22N2O2S2/c1-20-13-7-3-5-11(9-13)16-15(18)17-12-6-4-8-14(10-12)21(2)19/h4,6,8,10-11,13H,3,5,7,9H2,1-2H3,(H2,16,17,18). The van der Waals surface area contributed by atoms with E-state index in [1.807, 2.05) is 17.8 Å². The van der Waals surface area contributed by atoms with Crippen molar-refractivity contribution < 1.29 is 9.00 Å². The molecule has 21 heavy (non-hydrogen) atoms. The molecule has 3 atom stereocenters. The minimum atomic E-state index is -1.04. The van der Waals surface area contributed by atoms with Crippen LogP contribution in [0.1, 0.15) is 25.7 Å². The highest BCUT2D eigenvalue weighted by Crippen LogP contribution is 2.26. The van der Waals surface area contributed by atoms with Gasteiger partial charge in [-0.1, -0.05) is 12.5 Å². The molecule has 2 N–H and O–H groups in total. The number of hydrogen-bond acceptors (Lipinski definition) is 3. The van der Waals surface area contributed by atoms with Crippen LogP contribution in [0.25, 0.3) is 0 Å². The molecule has 1 saturated carbocycles. The van der Waals surface area contributed by atoms with Gasteiger partial charge < -0.3 is 10.6 Å². The predicted molar refractivity (Wildman–Crippen MR) is 90.5 cm³/mol. The van der Waals surface area contributed by atoms with Crippen LogP contribution in [-0.4, -0.2) is 34.0 Å². The molecule has 1 aromatic rings. The molecule has 0 radical (unpaired) electrons. The summed E-state index contributed by atoms with van der Waals surface area (Å²) in [7, 11) is -1.04. The molecule has 2 amide bonds. The van der Waals surface area contributed by atoms with Crippen molar-refractivity contribution in [3.05, 3.63) is 24.3 Å². The lowest BCUT2D eigenvalue weighted by Gasteiger charge is -2.28. The number of hydrogen-bond donors (Lipinski definition) is 2. The molecule has 1 aliphatic rings. The average molecular weight is 326 g/mol. The summed E-state index contributed by atoms with van der Waals surface area (Å²) >= 11 is 1.88. The van der Waals surface area contributed by atoms with E-state index in [-0.39, 0.29) is 12.1 Å². The van der Waals surface area contributed by atoms with Crippen LogP contribution >= 0.6 is 11.8 Å². The van der Waals surface area contributed by atoms with Crippen molar-refractivity contribution >= 4 is 34.3 Å². The predicted octanol–water partition coefficient (Wildman–Crippen LogP) is 3.22. The summed E-state index contributed by atoms with van der Waals surface area (Å²) in [6.45, 7) is 0. The maximum atomic E-state index is 12.1. The van der Waals surface area contributed by atoms with Gasteiger partial charge in [0.05, 0.1) is 0 Å². The maximum absolute atomic E-state index is 12.1. The van der Waals surface area contributed by atoms with Crippen LogP contribution in [0.15, 0.2) is 29.2 Å². The van der Waals surface area contributed by atoms with Gasteiger partial charge in [0.15, 0.2) is 0 Å². The molecule has 1 aromatic carbocycles. The number of amides is 2. The summed E-state index contributed by atoms with van der Waals surface area (Å²) in [5.74, 6) is 0. The van der Waals surface area contributed by atoms with Gasteiger partial charge in [0, 0.05) is 38.9 Å². The zero-order chi connectivity index (χ0) is 15.2. The van der Waals surface area contributed by atoms with E-state index in [9.17, 15) is 9.00 Å². The Kier molecular flexibility index (Phi) is 6.11. The first kappa shape index (κ1) is 16.4. The molecular formula is C15H22N2O2S2. The van der Waals surface area contributed by atoms with Crippen molar-refractivity contribution in [1.29, 1.82) is 0 Å². The van der Waals surface area contributed by atoms with Crippen LogP contribution in [0.4, 0.5) is 10.5 Å². The highest BCUT2D eigenvalue weighted by atomic mass is 32.2. The number of carbonyl (C=O) groups excluding carboxylic acids is 1. The molecular weight excluding hydrogens is 304 g/mol. The zero-order valence-corrected chi connectivity index (χ0v) is 14.1. The van der Waals surface area contributed by atoms with Crippen LogP contribution < -0.4 is 10.6 Å². The van der Waals surface area contributed by atoms with Crippen LogP contribution in [0.3, 0.4) is 0 Å². The van der Waals surface area contributed by atoms with Crippen molar-refractivity contribution in [3.8, 4) is 0 Å². The van der Waals surface area contributed by atoms with Gasteiger partial charge in [0.1, 0.15) is 0 Å². The lowest BCUT2D eigenvalue weighted by Crippen LogP contribution is -2.41. The first-order valence-electron chi connectivity index (χ1n) is 7.12.